The highest BCUT2D eigenvalue weighted by molar-refractivity contribution is 6.31. The van der Waals surface area contributed by atoms with E-state index in [9.17, 15) is 0 Å². The van der Waals surface area contributed by atoms with Gasteiger partial charge in [0.15, 0.2) is 5.15 Å². The maximum atomic E-state index is 6.07. The van der Waals surface area contributed by atoms with Crippen LogP contribution in [0.4, 0.5) is 0 Å². The first-order valence-corrected chi connectivity index (χ1v) is 5.82. The molecule has 0 amide bonds. The van der Waals surface area contributed by atoms with Crippen LogP contribution in [0.5, 0.6) is 0 Å². The van der Waals surface area contributed by atoms with Gasteiger partial charge in [-0.05, 0) is 31.0 Å². The fourth-order valence-corrected chi connectivity index (χ4v) is 1.84. The topological polar surface area (TPSA) is 30.7 Å². The number of pyridine rings is 1. The molecule has 0 aliphatic heterocycles. The van der Waals surface area contributed by atoms with Crippen LogP contribution in [0.25, 0.3) is 5.69 Å². The van der Waals surface area contributed by atoms with Crippen LogP contribution in [0.15, 0.2) is 24.4 Å². The van der Waals surface area contributed by atoms with Gasteiger partial charge in [0.1, 0.15) is 5.69 Å². The third kappa shape index (κ3) is 1.95. The molecule has 0 unspecified atom stereocenters. The van der Waals surface area contributed by atoms with Gasteiger partial charge in [-0.15, -0.1) is 0 Å². The van der Waals surface area contributed by atoms with Crippen LogP contribution in [0.2, 0.25) is 5.15 Å². The molecule has 0 N–H and O–H groups in total. The van der Waals surface area contributed by atoms with E-state index in [1.807, 2.05) is 16.8 Å². The van der Waals surface area contributed by atoms with Crippen molar-refractivity contribution in [2.45, 2.75) is 26.7 Å². The number of hydrogen-bond acceptors (Lipinski definition) is 2. The van der Waals surface area contributed by atoms with E-state index >= 15 is 0 Å². The lowest BCUT2D eigenvalue weighted by atomic mass is 10.2. The lowest BCUT2D eigenvalue weighted by molar-refractivity contribution is 0.791. The maximum absolute atomic E-state index is 6.07. The smallest absolute Gasteiger partial charge is 0.154 e. The van der Waals surface area contributed by atoms with Crippen LogP contribution in [0.3, 0.4) is 0 Å². The summed E-state index contributed by atoms with van der Waals surface area (Å²) in [5.74, 6) is 0. The second-order valence-electron chi connectivity index (χ2n) is 3.56. The van der Waals surface area contributed by atoms with Gasteiger partial charge >= 0.3 is 0 Å². The zero-order chi connectivity index (χ0) is 11.5. The van der Waals surface area contributed by atoms with E-state index < -0.39 is 0 Å². The van der Waals surface area contributed by atoms with Crippen LogP contribution in [-0.4, -0.2) is 14.8 Å². The molecule has 0 radical (unpaired) electrons. The highest BCUT2D eigenvalue weighted by Gasteiger charge is 2.10. The molecule has 2 aromatic rings. The van der Waals surface area contributed by atoms with Crippen molar-refractivity contribution in [1.82, 2.24) is 14.8 Å². The van der Waals surface area contributed by atoms with Crippen LogP contribution in [0.1, 0.15) is 25.2 Å². The molecule has 2 aromatic heterocycles. The zero-order valence-corrected chi connectivity index (χ0v) is 10.2. The zero-order valence-electron chi connectivity index (χ0n) is 9.44. The van der Waals surface area contributed by atoms with E-state index in [0.717, 1.165) is 29.9 Å². The minimum Gasteiger partial charge on any atom is -0.242 e. The third-order valence-electron chi connectivity index (χ3n) is 2.53. The molecule has 2 heterocycles. The van der Waals surface area contributed by atoms with E-state index in [4.69, 9.17) is 11.6 Å². The lowest BCUT2D eigenvalue weighted by Gasteiger charge is -2.06. The summed E-state index contributed by atoms with van der Waals surface area (Å²) in [6.45, 7) is 4.20. The van der Waals surface area contributed by atoms with E-state index in [1.165, 1.54) is 0 Å². The molecule has 0 aromatic carbocycles. The Morgan fingerprint density at radius 2 is 2.12 bits per heavy atom. The second-order valence-corrected chi connectivity index (χ2v) is 3.92. The van der Waals surface area contributed by atoms with E-state index in [2.05, 4.69) is 30.0 Å². The average molecular weight is 236 g/mol. The average Bonchev–Trinajstić information content (AvgIpc) is 2.72. The van der Waals surface area contributed by atoms with Gasteiger partial charge in [0.05, 0.1) is 5.69 Å². The van der Waals surface area contributed by atoms with Crippen molar-refractivity contribution in [3.8, 4) is 5.69 Å². The largest absolute Gasteiger partial charge is 0.242 e. The van der Waals surface area contributed by atoms with Crippen molar-refractivity contribution < 1.29 is 0 Å². The van der Waals surface area contributed by atoms with Crippen molar-refractivity contribution in [2.75, 3.05) is 0 Å². The standard InChI is InChI=1S/C12H14ClN3/c1-3-9-8-10(4-2)16(15-9)11-6-5-7-14-12(11)13/h5-8H,3-4H2,1-2H3. The van der Waals surface area contributed by atoms with Gasteiger partial charge in [0.25, 0.3) is 0 Å². The predicted molar refractivity (Wildman–Crippen MR) is 65.1 cm³/mol. The number of halogens is 1. The Balaban J connectivity index is 2.54. The third-order valence-corrected chi connectivity index (χ3v) is 2.82. The second kappa shape index (κ2) is 4.66. The Labute approximate surface area is 100 Å². The van der Waals surface area contributed by atoms with Crippen LogP contribution >= 0.6 is 11.6 Å². The number of aryl methyl sites for hydroxylation is 2. The molecule has 84 valence electrons. The van der Waals surface area contributed by atoms with Crippen molar-refractivity contribution >= 4 is 11.6 Å². The highest BCUT2D eigenvalue weighted by atomic mass is 35.5. The molecular formula is C12H14ClN3. The van der Waals surface area contributed by atoms with Gasteiger partial charge in [0, 0.05) is 11.9 Å². The Morgan fingerprint density at radius 1 is 1.31 bits per heavy atom. The van der Waals surface area contributed by atoms with Crippen molar-refractivity contribution in [3.05, 3.63) is 40.9 Å². The highest BCUT2D eigenvalue weighted by Crippen LogP contribution is 2.19. The fraction of sp³-hybridized carbons (Fsp3) is 0.333. The number of hydrogen-bond donors (Lipinski definition) is 0. The van der Waals surface area contributed by atoms with E-state index in [-0.39, 0.29) is 0 Å². The molecule has 0 fully saturated rings. The molecule has 0 aliphatic rings. The summed E-state index contributed by atoms with van der Waals surface area (Å²) in [4.78, 5) is 4.07. The van der Waals surface area contributed by atoms with E-state index in [1.54, 1.807) is 6.20 Å². The summed E-state index contributed by atoms with van der Waals surface area (Å²) in [7, 11) is 0. The summed E-state index contributed by atoms with van der Waals surface area (Å²) in [5.41, 5.74) is 3.09. The first-order valence-electron chi connectivity index (χ1n) is 5.45. The molecule has 0 atom stereocenters. The minimum absolute atomic E-state index is 0.489. The van der Waals surface area contributed by atoms with Crippen LogP contribution in [0, 0.1) is 0 Å². The Kier molecular flexibility index (Phi) is 3.25. The minimum atomic E-state index is 0.489. The predicted octanol–water partition coefficient (Wildman–Crippen LogP) is 3.05. The van der Waals surface area contributed by atoms with Gasteiger partial charge in [-0.3, -0.25) is 0 Å². The van der Waals surface area contributed by atoms with E-state index in [0.29, 0.717) is 5.15 Å². The summed E-state index contributed by atoms with van der Waals surface area (Å²) in [5, 5.41) is 5.01. The number of rotatable bonds is 3. The Morgan fingerprint density at radius 3 is 2.75 bits per heavy atom. The Hall–Kier alpha value is -1.35. The van der Waals surface area contributed by atoms with Crippen molar-refractivity contribution in [1.29, 1.82) is 0 Å². The summed E-state index contributed by atoms with van der Waals surface area (Å²) >= 11 is 6.07. The van der Waals surface area contributed by atoms with Gasteiger partial charge in [-0.1, -0.05) is 25.4 Å². The molecule has 0 saturated heterocycles. The SMILES string of the molecule is CCc1cc(CC)n(-c2cccnc2Cl)n1. The van der Waals surface area contributed by atoms with Gasteiger partial charge in [-0.2, -0.15) is 5.10 Å². The van der Waals surface area contributed by atoms with Crippen molar-refractivity contribution in [2.24, 2.45) is 0 Å². The van der Waals surface area contributed by atoms with Gasteiger partial charge in [-0.25, -0.2) is 9.67 Å². The maximum Gasteiger partial charge on any atom is 0.154 e. The molecule has 2 rings (SSSR count). The molecule has 0 saturated carbocycles. The normalized spacial score (nSPS) is 10.7. The first-order chi connectivity index (χ1) is 7.76. The number of nitrogens with zero attached hydrogens (tertiary/aromatic N) is 3. The van der Waals surface area contributed by atoms with Crippen LogP contribution in [-0.2, 0) is 12.8 Å². The van der Waals surface area contributed by atoms with Gasteiger partial charge in [0.2, 0.25) is 0 Å². The van der Waals surface area contributed by atoms with Crippen molar-refractivity contribution in [3.63, 3.8) is 0 Å². The lowest BCUT2D eigenvalue weighted by Crippen LogP contribution is -2.03. The Bertz CT molecular complexity index is 491. The molecule has 3 nitrogen and oxygen atoms in total. The summed E-state index contributed by atoms with van der Waals surface area (Å²) < 4.78 is 1.88. The molecule has 0 aliphatic carbocycles. The molecule has 4 heteroatoms. The quantitative estimate of drug-likeness (QED) is 0.766. The molecule has 16 heavy (non-hydrogen) atoms. The summed E-state index contributed by atoms with van der Waals surface area (Å²) in [6.07, 6.45) is 3.54. The monoisotopic (exact) mass is 235 g/mol. The molecular weight excluding hydrogens is 222 g/mol. The fourth-order valence-electron chi connectivity index (χ4n) is 1.64. The first kappa shape index (κ1) is 11.1. The van der Waals surface area contributed by atoms with Gasteiger partial charge < -0.3 is 0 Å². The molecule has 0 spiro atoms. The number of aromatic nitrogens is 3. The van der Waals surface area contributed by atoms with Crippen LogP contribution < -0.4 is 0 Å². The summed E-state index contributed by atoms with van der Waals surface area (Å²) in [6, 6.07) is 5.91. The molecule has 0 bridgehead atoms.